The number of nitrogens with zero attached hydrogens (tertiary/aromatic N) is 1. The third-order valence-corrected chi connectivity index (χ3v) is 2.74. The van der Waals surface area contributed by atoms with Gasteiger partial charge in [-0.05, 0) is 17.7 Å². The van der Waals surface area contributed by atoms with Crippen LogP contribution in [-0.2, 0) is 5.54 Å². The van der Waals surface area contributed by atoms with Crippen molar-refractivity contribution in [2.24, 2.45) is 5.73 Å². The van der Waals surface area contributed by atoms with Crippen molar-refractivity contribution in [3.63, 3.8) is 0 Å². The first-order valence-corrected chi connectivity index (χ1v) is 4.63. The van der Waals surface area contributed by atoms with E-state index < -0.39 is 11.5 Å². The second-order valence-electron chi connectivity index (χ2n) is 4.05. The Morgan fingerprint density at radius 2 is 1.73 bits per heavy atom. The average molecular weight is 208 g/mol. The maximum Gasteiger partial charge on any atom is 0.252 e. The van der Waals surface area contributed by atoms with Gasteiger partial charge in [0.1, 0.15) is 0 Å². The first-order chi connectivity index (χ1) is 6.95. The lowest BCUT2D eigenvalue weighted by atomic mass is 9.70. The van der Waals surface area contributed by atoms with E-state index in [2.05, 4.69) is 0 Å². The molecule has 0 aliphatic heterocycles. The van der Waals surface area contributed by atoms with Gasteiger partial charge in [0.15, 0.2) is 0 Å². The predicted octanol–water partition coefficient (Wildman–Crippen LogP) is 2.14. The number of benzene rings is 1. The fourth-order valence-corrected chi connectivity index (χ4v) is 1.95. The Kier molecular flexibility index (Phi) is 2.02. The van der Waals surface area contributed by atoms with Crippen molar-refractivity contribution in [3.8, 4) is 6.07 Å². The molecule has 2 N–H and O–H groups in total. The van der Waals surface area contributed by atoms with Crippen LogP contribution < -0.4 is 5.73 Å². The van der Waals surface area contributed by atoms with Gasteiger partial charge in [0.05, 0.1) is 17.2 Å². The van der Waals surface area contributed by atoms with Crippen LogP contribution in [0, 0.1) is 11.3 Å². The summed E-state index contributed by atoms with van der Waals surface area (Å²) in [5, 5.41) is 8.58. The second-order valence-corrected chi connectivity index (χ2v) is 4.05. The number of alkyl halides is 2. The molecular weight excluding hydrogens is 198 g/mol. The second kappa shape index (κ2) is 3.01. The highest BCUT2D eigenvalue weighted by Gasteiger charge is 2.55. The summed E-state index contributed by atoms with van der Waals surface area (Å²) in [7, 11) is 0. The van der Waals surface area contributed by atoms with Gasteiger partial charge < -0.3 is 5.73 Å². The number of hydrogen-bond donors (Lipinski definition) is 1. The van der Waals surface area contributed by atoms with E-state index in [9.17, 15) is 8.78 Å². The highest BCUT2D eigenvalue weighted by atomic mass is 19.3. The van der Waals surface area contributed by atoms with Crippen molar-refractivity contribution in [1.29, 1.82) is 5.26 Å². The summed E-state index contributed by atoms with van der Waals surface area (Å²) in [5.74, 6) is -2.64. The van der Waals surface area contributed by atoms with E-state index in [-0.39, 0.29) is 12.8 Å². The summed E-state index contributed by atoms with van der Waals surface area (Å²) in [5.41, 5.74) is 6.09. The zero-order chi connectivity index (χ0) is 11.1. The molecule has 0 spiro atoms. The van der Waals surface area contributed by atoms with Crippen LogP contribution >= 0.6 is 0 Å². The molecule has 0 saturated heterocycles. The smallest absolute Gasteiger partial charge is 0.252 e. The van der Waals surface area contributed by atoms with E-state index in [4.69, 9.17) is 11.0 Å². The van der Waals surface area contributed by atoms with Crippen LogP contribution in [0.4, 0.5) is 8.78 Å². The lowest BCUT2D eigenvalue weighted by Crippen LogP contribution is -2.55. The first-order valence-electron chi connectivity index (χ1n) is 4.63. The van der Waals surface area contributed by atoms with Crippen LogP contribution in [0.3, 0.4) is 0 Å². The number of rotatable bonds is 1. The van der Waals surface area contributed by atoms with Crippen LogP contribution in [0.1, 0.15) is 24.0 Å². The summed E-state index contributed by atoms with van der Waals surface area (Å²) >= 11 is 0. The molecule has 1 aromatic rings. The minimum Gasteiger partial charge on any atom is -0.321 e. The number of hydrogen-bond acceptors (Lipinski definition) is 2. The third kappa shape index (κ3) is 1.71. The van der Waals surface area contributed by atoms with Gasteiger partial charge in [-0.3, -0.25) is 0 Å². The summed E-state index contributed by atoms with van der Waals surface area (Å²) in [4.78, 5) is 0. The Bertz CT molecular complexity index is 409. The van der Waals surface area contributed by atoms with Crippen molar-refractivity contribution in [3.05, 3.63) is 35.4 Å². The van der Waals surface area contributed by atoms with E-state index >= 15 is 0 Å². The van der Waals surface area contributed by atoms with Crippen molar-refractivity contribution < 1.29 is 8.78 Å². The van der Waals surface area contributed by atoms with Gasteiger partial charge in [0.2, 0.25) is 0 Å². The van der Waals surface area contributed by atoms with E-state index in [1.165, 1.54) is 0 Å². The molecule has 1 aliphatic carbocycles. The molecule has 0 unspecified atom stereocenters. The molecule has 78 valence electrons. The molecule has 0 aromatic heterocycles. The van der Waals surface area contributed by atoms with Gasteiger partial charge in [0, 0.05) is 12.8 Å². The van der Waals surface area contributed by atoms with Crippen molar-refractivity contribution in [2.45, 2.75) is 24.3 Å². The van der Waals surface area contributed by atoms with Gasteiger partial charge in [-0.1, -0.05) is 12.1 Å². The van der Waals surface area contributed by atoms with Gasteiger partial charge in [-0.2, -0.15) is 5.26 Å². The van der Waals surface area contributed by atoms with Crippen LogP contribution in [0.25, 0.3) is 0 Å². The van der Waals surface area contributed by atoms with Crippen LogP contribution in [0.2, 0.25) is 0 Å². The van der Waals surface area contributed by atoms with Crippen LogP contribution in [-0.4, -0.2) is 5.92 Å². The Labute approximate surface area is 86.3 Å². The molecule has 2 rings (SSSR count). The fourth-order valence-electron chi connectivity index (χ4n) is 1.95. The molecular formula is C11H10F2N2. The van der Waals surface area contributed by atoms with Gasteiger partial charge >= 0.3 is 0 Å². The quantitative estimate of drug-likeness (QED) is 0.768. The molecule has 0 bridgehead atoms. The Balaban J connectivity index is 2.22. The largest absolute Gasteiger partial charge is 0.321 e. The molecule has 0 atom stereocenters. The topological polar surface area (TPSA) is 49.8 Å². The molecule has 0 amide bonds. The van der Waals surface area contributed by atoms with E-state index in [1.807, 2.05) is 6.07 Å². The van der Waals surface area contributed by atoms with Crippen molar-refractivity contribution >= 4 is 0 Å². The molecule has 15 heavy (non-hydrogen) atoms. The summed E-state index contributed by atoms with van der Waals surface area (Å²) in [6.45, 7) is 0. The highest BCUT2D eigenvalue weighted by Crippen LogP contribution is 2.49. The molecule has 0 radical (unpaired) electrons. The fraction of sp³-hybridized carbons (Fsp3) is 0.364. The summed E-state index contributed by atoms with van der Waals surface area (Å²) in [6, 6.07) is 8.46. The van der Waals surface area contributed by atoms with Gasteiger partial charge in [-0.15, -0.1) is 0 Å². The number of nitriles is 1. The maximum absolute atomic E-state index is 12.7. The van der Waals surface area contributed by atoms with E-state index in [0.717, 1.165) is 0 Å². The normalized spacial score (nSPS) is 21.5. The van der Waals surface area contributed by atoms with E-state index in [1.54, 1.807) is 24.3 Å². The van der Waals surface area contributed by atoms with E-state index in [0.29, 0.717) is 11.1 Å². The molecule has 1 aromatic carbocycles. The monoisotopic (exact) mass is 208 g/mol. The molecule has 1 aliphatic rings. The van der Waals surface area contributed by atoms with Crippen LogP contribution in [0.5, 0.6) is 0 Å². The predicted molar refractivity (Wildman–Crippen MR) is 51.2 cm³/mol. The molecule has 2 nitrogen and oxygen atoms in total. The summed E-state index contributed by atoms with van der Waals surface area (Å²) in [6.07, 6.45) is -0.627. The number of halogens is 2. The Morgan fingerprint density at radius 1 is 1.20 bits per heavy atom. The van der Waals surface area contributed by atoms with Crippen molar-refractivity contribution in [2.75, 3.05) is 0 Å². The highest BCUT2D eigenvalue weighted by molar-refractivity contribution is 5.36. The lowest BCUT2D eigenvalue weighted by Gasteiger charge is -2.44. The number of nitrogens with two attached hydrogens (primary N) is 1. The van der Waals surface area contributed by atoms with Gasteiger partial charge in [0.25, 0.3) is 5.92 Å². The van der Waals surface area contributed by atoms with Crippen LogP contribution in [0.15, 0.2) is 24.3 Å². The SMILES string of the molecule is N#Cc1ccc(C2(N)CC(F)(F)C2)cc1. The minimum atomic E-state index is -2.64. The molecule has 1 fully saturated rings. The zero-order valence-electron chi connectivity index (χ0n) is 8.00. The molecule has 4 heteroatoms. The first kappa shape index (κ1) is 10.1. The maximum atomic E-state index is 12.7. The van der Waals surface area contributed by atoms with Gasteiger partial charge in [-0.25, -0.2) is 8.78 Å². The molecule has 1 saturated carbocycles. The lowest BCUT2D eigenvalue weighted by molar-refractivity contribution is -0.125. The standard InChI is InChI=1S/C11H10F2N2/c12-11(13)6-10(15,7-11)9-3-1-8(5-14)2-4-9/h1-4H,6-7,15H2. The van der Waals surface area contributed by atoms with Crippen molar-refractivity contribution in [1.82, 2.24) is 0 Å². The average Bonchev–Trinajstić information content (AvgIpc) is 2.15. The Hall–Kier alpha value is -1.47. The summed E-state index contributed by atoms with van der Waals surface area (Å²) < 4.78 is 25.5. The molecule has 0 heterocycles. The third-order valence-electron chi connectivity index (χ3n) is 2.74. The zero-order valence-corrected chi connectivity index (χ0v) is 8.00. The minimum absolute atomic E-state index is 0.314. The Morgan fingerprint density at radius 3 is 2.13 bits per heavy atom.